The van der Waals surface area contributed by atoms with Gasteiger partial charge in [0.1, 0.15) is 5.82 Å². The van der Waals surface area contributed by atoms with E-state index in [4.69, 9.17) is 0 Å². The number of amides is 1. The molecule has 1 amide bonds. The van der Waals surface area contributed by atoms with Crippen molar-refractivity contribution in [2.45, 2.75) is 13.1 Å². The van der Waals surface area contributed by atoms with E-state index in [1.165, 1.54) is 0 Å². The number of rotatable bonds is 6. The van der Waals surface area contributed by atoms with Crippen molar-refractivity contribution >= 4 is 38.8 Å². The quantitative estimate of drug-likeness (QED) is 0.403. The lowest BCUT2D eigenvalue weighted by Crippen LogP contribution is -2.30. The largest absolute Gasteiger partial charge is 0.327 e. The number of hydrogen-bond donors (Lipinski definition) is 1. The Morgan fingerprint density at radius 3 is 2.45 bits per heavy atom. The minimum Gasteiger partial charge on any atom is -0.327 e. The molecule has 6 heteroatoms. The molecule has 0 aliphatic rings. The molecule has 1 heterocycles. The number of H-pyrrole nitrogens is 1. The van der Waals surface area contributed by atoms with Crippen LogP contribution in [0.5, 0.6) is 0 Å². The normalized spacial score (nSPS) is 11.1. The topological polar surface area (TPSA) is 66.1 Å². The number of halogens is 1. The maximum absolute atomic E-state index is 13.1. The average Bonchev–Trinajstić information content (AvgIpc) is 2.79. The van der Waals surface area contributed by atoms with Crippen molar-refractivity contribution in [2.75, 3.05) is 0 Å². The molecule has 154 valence electrons. The summed E-state index contributed by atoms with van der Waals surface area (Å²) in [4.78, 5) is 34.6. The lowest BCUT2D eigenvalue weighted by Gasteiger charge is -2.21. The van der Waals surface area contributed by atoms with Gasteiger partial charge < -0.3 is 9.88 Å². The first kappa shape index (κ1) is 20.8. The van der Waals surface area contributed by atoms with E-state index in [1.54, 1.807) is 35.3 Å². The number of fused-ring (bicyclic) bond motifs is 1. The van der Waals surface area contributed by atoms with Gasteiger partial charge in [-0.25, -0.2) is 4.98 Å². The zero-order chi connectivity index (χ0) is 21.6. The van der Waals surface area contributed by atoms with Crippen LogP contribution < -0.4 is 5.56 Å². The van der Waals surface area contributed by atoms with E-state index in [2.05, 4.69) is 25.9 Å². The van der Waals surface area contributed by atoms with Crippen LogP contribution in [0.4, 0.5) is 0 Å². The molecular weight excluding hydrogens is 454 g/mol. The third-order valence-electron chi connectivity index (χ3n) is 4.84. The van der Waals surface area contributed by atoms with Gasteiger partial charge in [0.2, 0.25) is 5.91 Å². The molecular formula is C25H20BrN3O2. The monoisotopic (exact) mass is 473 g/mol. The number of nitrogens with one attached hydrogen (secondary N) is 1. The van der Waals surface area contributed by atoms with Gasteiger partial charge in [0.15, 0.2) is 0 Å². The predicted octanol–water partition coefficient (Wildman–Crippen LogP) is 4.93. The number of aromatic nitrogens is 2. The van der Waals surface area contributed by atoms with Gasteiger partial charge in [-0.1, -0.05) is 76.6 Å². The first-order chi connectivity index (χ1) is 15.1. The van der Waals surface area contributed by atoms with Gasteiger partial charge in [0.05, 0.1) is 17.4 Å². The Labute approximate surface area is 188 Å². The molecule has 0 atom stereocenters. The predicted molar refractivity (Wildman–Crippen MR) is 126 cm³/mol. The lowest BCUT2D eigenvalue weighted by molar-refractivity contribution is -0.127. The van der Waals surface area contributed by atoms with Crippen molar-refractivity contribution in [3.8, 4) is 0 Å². The van der Waals surface area contributed by atoms with E-state index >= 15 is 0 Å². The molecule has 0 aliphatic carbocycles. The van der Waals surface area contributed by atoms with E-state index < -0.39 is 0 Å². The van der Waals surface area contributed by atoms with E-state index in [0.29, 0.717) is 23.3 Å². The molecule has 1 N–H and O–H groups in total. The molecule has 0 radical (unpaired) electrons. The van der Waals surface area contributed by atoms with Crippen LogP contribution in [0.15, 0.2) is 94.2 Å². The van der Waals surface area contributed by atoms with Crippen LogP contribution in [0.3, 0.4) is 0 Å². The minimum absolute atomic E-state index is 0.171. The molecule has 0 saturated heterocycles. The van der Waals surface area contributed by atoms with Crippen LogP contribution in [0, 0.1) is 0 Å². The zero-order valence-electron chi connectivity index (χ0n) is 16.7. The van der Waals surface area contributed by atoms with E-state index in [0.717, 1.165) is 15.6 Å². The van der Waals surface area contributed by atoms with Crippen LogP contribution in [0.25, 0.3) is 17.0 Å². The summed E-state index contributed by atoms with van der Waals surface area (Å²) in [5, 5.41) is 0.529. The Morgan fingerprint density at radius 1 is 0.935 bits per heavy atom. The molecule has 0 bridgehead atoms. The SMILES string of the molecule is O=C(/C=C/c1ccccc1Br)N(Cc1ccccc1)Cc1nc2ccccc2c(=O)[nH]1. The summed E-state index contributed by atoms with van der Waals surface area (Å²) in [5.74, 6) is 0.276. The molecule has 4 aromatic rings. The van der Waals surface area contributed by atoms with Crippen LogP contribution in [-0.2, 0) is 17.9 Å². The fourth-order valence-electron chi connectivity index (χ4n) is 3.28. The number of aromatic amines is 1. The molecule has 3 aromatic carbocycles. The fourth-order valence-corrected chi connectivity index (χ4v) is 3.70. The summed E-state index contributed by atoms with van der Waals surface area (Å²) in [5.41, 5.74) is 2.30. The highest BCUT2D eigenvalue weighted by molar-refractivity contribution is 9.10. The summed E-state index contributed by atoms with van der Waals surface area (Å²) in [6, 6.07) is 24.6. The van der Waals surface area contributed by atoms with Crippen LogP contribution >= 0.6 is 15.9 Å². The second-order valence-electron chi connectivity index (χ2n) is 7.06. The summed E-state index contributed by atoms with van der Waals surface area (Å²) >= 11 is 3.50. The highest BCUT2D eigenvalue weighted by Crippen LogP contribution is 2.18. The smallest absolute Gasteiger partial charge is 0.258 e. The molecule has 1 aromatic heterocycles. The molecule has 5 nitrogen and oxygen atoms in total. The summed E-state index contributed by atoms with van der Waals surface area (Å²) < 4.78 is 0.911. The van der Waals surface area contributed by atoms with Crippen molar-refractivity contribution in [3.63, 3.8) is 0 Å². The van der Waals surface area contributed by atoms with Gasteiger partial charge in [-0.15, -0.1) is 0 Å². The Hall–Kier alpha value is -3.51. The molecule has 31 heavy (non-hydrogen) atoms. The van der Waals surface area contributed by atoms with E-state index in [1.807, 2.05) is 60.7 Å². The van der Waals surface area contributed by atoms with Gasteiger partial charge in [-0.05, 0) is 35.4 Å². The number of para-hydroxylation sites is 1. The average molecular weight is 474 g/mol. The molecule has 0 fully saturated rings. The van der Waals surface area contributed by atoms with Crippen molar-refractivity contribution in [1.29, 1.82) is 0 Å². The number of carbonyl (C=O) groups is 1. The standard InChI is InChI=1S/C25H20BrN3O2/c26-21-12-6-4-10-19(21)14-15-24(30)29(16-18-8-2-1-3-9-18)17-23-27-22-13-7-5-11-20(22)25(31)28-23/h1-15H,16-17H2,(H,27,28,31)/b15-14+. The van der Waals surface area contributed by atoms with Gasteiger partial charge in [-0.3, -0.25) is 9.59 Å². The van der Waals surface area contributed by atoms with Gasteiger partial charge >= 0.3 is 0 Å². The Morgan fingerprint density at radius 2 is 1.65 bits per heavy atom. The number of benzene rings is 3. The summed E-state index contributed by atoms with van der Waals surface area (Å²) in [7, 11) is 0. The molecule has 0 saturated carbocycles. The number of carbonyl (C=O) groups excluding carboxylic acids is 1. The van der Waals surface area contributed by atoms with Crippen molar-refractivity contribution in [3.05, 3.63) is 117 Å². The molecule has 0 aliphatic heterocycles. The highest BCUT2D eigenvalue weighted by atomic mass is 79.9. The number of hydrogen-bond acceptors (Lipinski definition) is 3. The van der Waals surface area contributed by atoms with Crippen molar-refractivity contribution in [2.24, 2.45) is 0 Å². The molecule has 4 rings (SSSR count). The first-order valence-corrected chi connectivity index (χ1v) is 10.6. The van der Waals surface area contributed by atoms with Gasteiger partial charge in [0.25, 0.3) is 5.56 Å². The third-order valence-corrected chi connectivity index (χ3v) is 5.56. The van der Waals surface area contributed by atoms with Gasteiger partial charge in [0, 0.05) is 17.1 Å². The Bertz CT molecular complexity index is 1300. The molecule has 0 spiro atoms. The third kappa shape index (κ3) is 5.16. The fraction of sp³-hybridized carbons (Fsp3) is 0.0800. The maximum Gasteiger partial charge on any atom is 0.258 e. The van der Waals surface area contributed by atoms with Crippen molar-refractivity contribution in [1.82, 2.24) is 14.9 Å². The van der Waals surface area contributed by atoms with Crippen LogP contribution in [0.1, 0.15) is 17.0 Å². The minimum atomic E-state index is -0.212. The molecule has 0 unspecified atom stereocenters. The van der Waals surface area contributed by atoms with Crippen molar-refractivity contribution < 1.29 is 4.79 Å². The Kier molecular flexibility index (Phi) is 6.38. The summed E-state index contributed by atoms with van der Waals surface area (Å²) in [6.07, 6.45) is 3.32. The Balaban J connectivity index is 1.63. The van der Waals surface area contributed by atoms with E-state index in [9.17, 15) is 9.59 Å². The van der Waals surface area contributed by atoms with Crippen LogP contribution in [-0.4, -0.2) is 20.8 Å². The zero-order valence-corrected chi connectivity index (χ0v) is 18.2. The first-order valence-electron chi connectivity index (χ1n) is 9.83. The van der Waals surface area contributed by atoms with E-state index in [-0.39, 0.29) is 18.0 Å². The highest BCUT2D eigenvalue weighted by Gasteiger charge is 2.15. The lowest BCUT2D eigenvalue weighted by atomic mass is 10.2. The maximum atomic E-state index is 13.1. The number of nitrogens with zero attached hydrogens (tertiary/aromatic N) is 2. The summed E-state index contributed by atoms with van der Waals surface area (Å²) in [6.45, 7) is 0.588. The second kappa shape index (κ2) is 9.53. The van der Waals surface area contributed by atoms with Gasteiger partial charge in [-0.2, -0.15) is 0 Å². The van der Waals surface area contributed by atoms with Crippen LogP contribution in [0.2, 0.25) is 0 Å². The second-order valence-corrected chi connectivity index (χ2v) is 7.92.